The van der Waals surface area contributed by atoms with Gasteiger partial charge in [0.15, 0.2) is 0 Å². The molecule has 0 bridgehead atoms. The average Bonchev–Trinajstić information content (AvgIpc) is 3.41. The topological polar surface area (TPSA) is 76.5 Å². The van der Waals surface area contributed by atoms with Gasteiger partial charge < -0.3 is 19.5 Å². The molecule has 166 valence electrons. The van der Waals surface area contributed by atoms with E-state index in [0.29, 0.717) is 31.0 Å². The van der Waals surface area contributed by atoms with Crippen molar-refractivity contribution in [1.29, 1.82) is 0 Å². The normalized spacial score (nSPS) is 19.2. The van der Waals surface area contributed by atoms with Crippen LogP contribution in [0, 0.1) is 0 Å². The number of nitrogens with one attached hydrogen (secondary N) is 1. The summed E-state index contributed by atoms with van der Waals surface area (Å²) >= 11 is 1.59. The van der Waals surface area contributed by atoms with Crippen LogP contribution < -0.4 is 5.32 Å². The number of likely N-dealkylation sites (tertiary alicyclic amines) is 1. The lowest BCUT2D eigenvalue weighted by Gasteiger charge is -2.24. The number of hydrogen-bond acceptors (Lipinski definition) is 5. The fourth-order valence-corrected chi connectivity index (χ4v) is 4.82. The Kier molecular flexibility index (Phi) is 6.67. The number of carbonyl (C=O) groups excluding carboxylic acids is 2. The summed E-state index contributed by atoms with van der Waals surface area (Å²) < 4.78 is 7.60. The third-order valence-electron chi connectivity index (χ3n) is 6.27. The number of carbonyl (C=O) groups is 2. The smallest absolute Gasteiger partial charge is 0.270 e. The largest absolute Gasteiger partial charge is 0.373 e. The molecule has 2 amide bonds. The van der Waals surface area contributed by atoms with Crippen molar-refractivity contribution in [3.05, 3.63) is 46.9 Å². The second-order valence-corrected chi connectivity index (χ2v) is 8.98. The predicted molar refractivity (Wildman–Crippen MR) is 120 cm³/mol. The number of nitrogens with zero attached hydrogens (tertiary/aromatic N) is 3. The van der Waals surface area contributed by atoms with Crippen LogP contribution in [-0.2, 0) is 17.9 Å². The molecule has 2 atom stereocenters. The van der Waals surface area contributed by atoms with Gasteiger partial charge in [0.25, 0.3) is 11.8 Å². The molecule has 0 aromatic carbocycles. The summed E-state index contributed by atoms with van der Waals surface area (Å²) in [7, 11) is 0. The van der Waals surface area contributed by atoms with Gasteiger partial charge in [0.05, 0.1) is 35.5 Å². The maximum atomic E-state index is 13.3. The van der Waals surface area contributed by atoms with Crippen LogP contribution in [0.2, 0.25) is 0 Å². The van der Waals surface area contributed by atoms with Crippen molar-refractivity contribution in [1.82, 2.24) is 19.8 Å². The van der Waals surface area contributed by atoms with Crippen molar-refractivity contribution >= 4 is 23.6 Å². The Morgan fingerprint density at radius 3 is 2.84 bits per heavy atom. The quantitative estimate of drug-likeness (QED) is 0.691. The van der Waals surface area contributed by atoms with E-state index in [1.54, 1.807) is 17.8 Å². The molecule has 4 rings (SSSR count). The van der Waals surface area contributed by atoms with Crippen molar-refractivity contribution < 1.29 is 14.3 Å². The molecule has 2 aliphatic rings. The number of aromatic nitrogens is 2. The van der Waals surface area contributed by atoms with Crippen LogP contribution in [-0.4, -0.2) is 51.7 Å². The SMILES string of the molecule is CC[C@@H](NC(=O)c1cc(C(=O)N2CCC[C@@H]2C)n2c1COCC2)c1ccc(SC)nc1. The van der Waals surface area contributed by atoms with Crippen LogP contribution in [0.5, 0.6) is 0 Å². The Bertz CT molecular complexity index is 956. The molecule has 0 aliphatic carbocycles. The molecule has 7 nitrogen and oxygen atoms in total. The molecule has 2 aromatic heterocycles. The van der Waals surface area contributed by atoms with Crippen molar-refractivity contribution in [2.75, 3.05) is 19.4 Å². The summed E-state index contributed by atoms with van der Waals surface area (Å²) in [5, 5.41) is 4.09. The van der Waals surface area contributed by atoms with Crippen molar-refractivity contribution in [2.24, 2.45) is 0 Å². The monoisotopic (exact) mass is 442 g/mol. The first kappa shape index (κ1) is 21.9. The molecular weight excluding hydrogens is 412 g/mol. The lowest BCUT2D eigenvalue weighted by Crippen LogP contribution is -2.35. The summed E-state index contributed by atoms with van der Waals surface area (Å²) in [5.41, 5.74) is 2.88. The molecule has 0 spiro atoms. The average molecular weight is 443 g/mol. The van der Waals surface area contributed by atoms with Gasteiger partial charge in [-0.2, -0.15) is 0 Å². The highest BCUT2D eigenvalue weighted by molar-refractivity contribution is 7.98. The van der Waals surface area contributed by atoms with Gasteiger partial charge >= 0.3 is 0 Å². The minimum absolute atomic E-state index is 0.0103. The van der Waals surface area contributed by atoms with E-state index in [1.807, 2.05) is 41.0 Å². The zero-order chi connectivity index (χ0) is 22.0. The highest BCUT2D eigenvalue weighted by Crippen LogP contribution is 2.27. The Morgan fingerprint density at radius 2 is 2.19 bits per heavy atom. The van der Waals surface area contributed by atoms with Crippen LogP contribution in [0.25, 0.3) is 0 Å². The summed E-state index contributed by atoms with van der Waals surface area (Å²) in [6, 6.07) is 5.83. The van der Waals surface area contributed by atoms with Crippen LogP contribution in [0.4, 0.5) is 0 Å². The summed E-state index contributed by atoms with van der Waals surface area (Å²) in [6.07, 6.45) is 6.61. The van der Waals surface area contributed by atoms with E-state index in [2.05, 4.69) is 17.2 Å². The number of amides is 2. The van der Waals surface area contributed by atoms with Crippen LogP contribution in [0.15, 0.2) is 29.4 Å². The maximum Gasteiger partial charge on any atom is 0.270 e. The van der Waals surface area contributed by atoms with Gasteiger partial charge in [-0.05, 0) is 50.1 Å². The Balaban J connectivity index is 1.60. The molecule has 4 heterocycles. The molecule has 0 unspecified atom stereocenters. The van der Waals surface area contributed by atoms with Crippen LogP contribution in [0.3, 0.4) is 0 Å². The zero-order valence-corrected chi connectivity index (χ0v) is 19.2. The molecule has 2 aliphatic heterocycles. The second kappa shape index (κ2) is 9.44. The van der Waals surface area contributed by atoms with Crippen molar-refractivity contribution in [3.63, 3.8) is 0 Å². The van der Waals surface area contributed by atoms with E-state index >= 15 is 0 Å². The summed E-state index contributed by atoms with van der Waals surface area (Å²) in [6.45, 7) is 6.37. The first-order valence-electron chi connectivity index (χ1n) is 10.9. The third-order valence-corrected chi connectivity index (χ3v) is 6.93. The summed E-state index contributed by atoms with van der Waals surface area (Å²) in [4.78, 5) is 32.9. The van der Waals surface area contributed by atoms with Crippen LogP contribution >= 0.6 is 11.8 Å². The number of pyridine rings is 1. The van der Waals surface area contributed by atoms with Gasteiger partial charge in [-0.15, -0.1) is 11.8 Å². The van der Waals surface area contributed by atoms with Gasteiger partial charge in [0, 0.05) is 25.3 Å². The zero-order valence-electron chi connectivity index (χ0n) is 18.4. The molecular formula is C23H30N4O3S. The van der Waals surface area contributed by atoms with E-state index < -0.39 is 0 Å². The first-order chi connectivity index (χ1) is 15.0. The Hall–Kier alpha value is -2.32. The molecule has 1 fully saturated rings. The van der Waals surface area contributed by atoms with Gasteiger partial charge in [-0.3, -0.25) is 9.59 Å². The fourth-order valence-electron chi connectivity index (χ4n) is 4.46. The van der Waals surface area contributed by atoms with E-state index in [0.717, 1.165) is 42.1 Å². The molecule has 31 heavy (non-hydrogen) atoms. The Labute approximate surface area is 187 Å². The van der Waals surface area contributed by atoms with Crippen molar-refractivity contribution in [2.45, 2.75) is 63.4 Å². The number of fused-ring (bicyclic) bond motifs is 1. The van der Waals surface area contributed by atoms with E-state index in [-0.39, 0.29) is 23.9 Å². The molecule has 2 aromatic rings. The maximum absolute atomic E-state index is 13.3. The van der Waals surface area contributed by atoms with E-state index in [9.17, 15) is 9.59 Å². The number of rotatable bonds is 6. The highest BCUT2D eigenvalue weighted by atomic mass is 32.2. The fraction of sp³-hybridized carbons (Fsp3) is 0.522. The third kappa shape index (κ3) is 4.36. The van der Waals surface area contributed by atoms with E-state index in [1.165, 1.54) is 0 Å². The predicted octanol–water partition coefficient (Wildman–Crippen LogP) is 3.64. The van der Waals surface area contributed by atoms with Gasteiger partial charge in [0.2, 0.25) is 0 Å². The lowest BCUT2D eigenvalue weighted by atomic mass is 10.1. The minimum Gasteiger partial charge on any atom is -0.373 e. The molecule has 0 saturated carbocycles. The number of thioether (sulfide) groups is 1. The number of hydrogen-bond donors (Lipinski definition) is 1. The highest BCUT2D eigenvalue weighted by Gasteiger charge is 2.32. The molecule has 1 N–H and O–H groups in total. The standard InChI is InChI=1S/C23H30N4O3S/c1-4-18(16-7-8-21(31-3)24-13-16)25-22(28)17-12-19(27-10-11-30-14-20(17)27)23(29)26-9-5-6-15(26)2/h7-8,12-13,15,18H,4-6,9-11,14H2,1-3H3,(H,25,28)/t15-,18+/m0/s1. The minimum atomic E-state index is -0.177. The van der Waals surface area contributed by atoms with Gasteiger partial charge in [-0.25, -0.2) is 4.98 Å². The lowest BCUT2D eigenvalue weighted by molar-refractivity contribution is 0.0683. The molecule has 8 heteroatoms. The first-order valence-corrected chi connectivity index (χ1v) is 12.2. The van der Waals surface area contributed by atoms with Gasteiger partial charge in [-0.1, -0.05) is 13.0 Å². The summed E-state index contributed by atoms with van der Waals surface area (Å²) in [5.74, 6) is -0.167. The molecule has 0 radical (unpaired) electrons. The van der Waals surface area contributed by atoms with Gasteiger partial charge in [0.1, 0.15) is 5.69 Å². The molecule has 1 saturated heterocycles. The van der Waals surface area contributed by atoms with Crippen LogP contribution in [0.1, 0.15) is 71.3 Å². The van der Waals surface area contributed by atoms with Crippen molar-refractivity contribution in [3.8, 4) is 0 Å². The number of ether oxygens (including phenoxy) is 1. The second-order valence-electron chi connectivity index (χ2n) is 8.15. The van der Waals surface area contributed by atoms with E-state index in [4.69, 9.17) is 4.74 Å². The Morgan fingerprint density at radius 1 is 1.35 bits per heavy atom.